The molecule has 6 rings (SSSR count). The molecular formula is C29H38N2O4. The maximum atomic E-state index is 13.0. The molecule has 188 valence electrons. The van der Waals surface area contributed by atoms with Crippen LogP contribution in [0.3, 0.4) is 0 Å². The molecule has 0 radical (unpaired) electrons. The molecule has 3 heterocycles. The fourth-order valence-electron chi connectivity index (χ4n) is 6.06. The Balaban J connectivity index is 1.36. The third kappa shape index (κ3) is 4.86. The van der Waals surface area contributed by atoms with Crippen molar-refractivity contribution < 1.29 is 19.0 Å². The number of hydrogen-bond acceptors (Lipinski definition) is 5. The second-order valence-corrected chi connectivity index (χ2v) is 11.3. The van der Waals surface area contributed by atoms with E-state index >= 15 is 0 Å². The third-order valence-electron chi connectivity index (χ3n) is 7.85. The molecule has 1 aliphatic carbocycles. The van der Waals surface area contributed by atoms with E-state index < -0.39 is 0 Å². The number of carbonyl (C=O) groups is 1. The van der Waals surface area contributed by atoms with Gasteiger partial charge in [-0.3, -0.25) is 4.90 Å². The quantitative estimate of drug-likeness (QED) is 0.586. The molecule has 2 bridgehead atoms. The lowest BCUT2D eigenvalue weighted by Crippen LogP contribution is -2.53. The van der Waals surface area contributed by atoms with Gasteiger partial charge < -0.3 is 19.5 Å². The Bertz CT molecular complexity index is 1070. The number of benzene rings is 2. The Labute approximate surface area is 208 Å². The predicted octanol–water partition coefficient (Wildman–Crippen LogP) is 5.59. The first-order valence-electron chi connectivity index (χ1n) is 12.9. The summed E-state index contributed by atoms with van der Waals surface area (Å²) in [4.78, 5) is 15.4. The van der Waals surface area contributed by atoms with Crippen LogP contribution in [0.2, 0.25) is 0 Å². The number of nitrogens with one attached hydrogen (secondary N) is 1. The molecule has 1 N–H and O–H groups in total. The maximum absolute atomic E-state index is 13.0. The highest BCUT2D eigenvalue weighted by molar-refractivity contribution is 5.74. The summed E-state index contributed by atoms with van der Waals surface area (Å²) in [5, 5.41) is 3.22. The zero-order valence-corrected chi connectivity index (χ0v) is 21.6. The number of amides is 1. The van der Waals surface area contributed by atoms with Crippen LogP contribution in [0.5, 0.6) is 11.5 Å². The van der Waals surface area contributed by atoms with Crippen LogP contribution in [0.15, 0.2) is 36.4 Å². The Morgan fingerprint density at radius 1 is 1.11 bits per heavy atom. The number of methoxy groups -OCH3 is 1. The zero-order valence-electron chi connectivity index (χ0n) is 21.6. The van der Waals surface area contributed by atoms with Crippen LogP contribution in [0.4, 0.5) is 4.79 Å². The van der Waals surface area contributed by atoms with E-state index in [9.17, 15) is 4.79 Å². The largest absolute Gasteiger partial charge is 0.496 e. The summed E-state index contributed by atoms with van der Waals surface area (Å²) < 4.78 is 17.6. The molecule has 35 heavy (non-hydrogen) atoms. The van der Waals surface area contributed by atoms with Crippen LogP contribution in [0.1, 0.15) is 57.7 Å². The summed E-state index contributed by atoms with van der Waals surface area (Å²) in [5.74, 6) is 2.15. The second-order valence-electron chi connectivity index (χ2n) is 11.3. The van der Waals surface area contributed by atoms with Crippen molar-refractivity contribution >= 4 is 6.09 Å². The maximum Gasteiger partial charge on any atom is 0.407 e. The molecule has 2 aromatic rings. The van der Waals surface area contributed by atoms with Gasteiger partial charge in [-0.05, 0) is 98.5 Å². The van der Waals surface area contributed by atoms with E-state index in [1.807, 2.05) is 26.0 Å². The average molecular weight is 479 g/mol. The molecule has 2 atom stereocenters. The van der Waals surface area contributed by atoms with Crippen molar-refractivity contribution in [1.29, 1.82) is 0 Å². The molecule has 0 aromatic heterocycles. The third-order valence-corrected chi connectivity index (χ3v) is 7.85. The molecular weight excluding hydrogens is 440 g/mol. The molecule has 3 saturated heterocycles. The van der Waals surface area contributed by atoms with E-state index in [2.05, 4.69) is 48.3 Å². The van der Waals surface area contributed by atoms with Crippen LogP contribution in [-0.2, 0) is 11.2 Å². The second kappa shape index (κ2) is 9.38. The van der Waals surface area contributed by atoms with Gasteiger partial charge in [-0.2, -0.15) is 0 Å². The lowest BCUT2D eigenvalue weighted by molar-refractivity contribution is -0.0349. The Kier molecular flexibility index (Phi) is 6.43. The Hall–Kier alpha value is -2.73. The molecule has 6 nitrogen and oxygen atoms in total. The first kappa shape index (κ1) is 24.0. The smallest absolute Gasteiger partial charge is 0.407 e. The van der Waals surface area contributed by atoms with Crippen LogP contribution in [-0.4, -0.2) is 49.9 Å². The number of carbonyl (C=O) groups excluding carboxylic acids is 1. The first-order chi connectivity index (χ1) is 16.7. The summed E-state index contributed by atoms with van der Waals surface area (Å²) in [6.07, 6.45) is 2.96. The van der Waals surface area contributed by atoms with Gasteiger partial charge in [0.15, 0.2) is 0 Å². The normalized spacial score (nSPS) is 26.3. The lowest BCUT2D eigenvalue weighted by Gasteiger charge is -2.44. The van der Waals surface area contributed by atoms with Gasteiger partial charge in [-0.15, -0.1) is 0 Å². The highest BCUT2D eigenvalue weighted by Crippen LogP contribution is 2.48. The number of ether oxygens (including phenoxy) is 3. The molecule has 0 saturated carbocycles. The molecule has 1 amide bonds. The molecule has 3 aliphatic heterocycles. The summed E-state index contributed by atoms with van der Waals surface area (Å²) in [7, 11) is 1.70. The number of fused-ring (bicyclic) bond motifs is 4. The van der Waals surface area contributed by atoms with E-state index in [0.717, 1.165) is 67.1 Å². The van der Waals surface area contributed by atoms with Crippen LogP contribution < -0.4 is 14.8 Å². The molecule has 6 heteroatoms. The highest BCUT2D eigenvalue weighted by atomic mass is 16.6. The minimum atomic E-state index is -0.307. The van der Waals surface area contributed by atoms with Gasteiger partial charge in [0.05, 0.1) is 19.3 Å². The van der Waals surface area contributed by atoms with Crippen molar-refractivity contribution in [2.24, 2.45) is 11.3 Å². The molecule has 0 spiro atoms. The fourth-order valence-corrected chi connectivity index (χ4v) is 6.06. The molecule has 2 aromatic carbocycles. The minimum Gasteiger partial charge on any atom is -0.496 e. The summed E-state index contributed by atoms with van der Waals surface area (Å²) in [6, 6.07) is 12.3. The fraction of sp³-hybridized carbons (Fsp3) is 0.552. The number of alkyl carbamates (subject to hydrolysis) is 1. The van der Waals surface area contributed by atoms with Crippen molar-refractivity contribution in [3.8, 4) is 22.6 Å². The zero-order chi connectivity index (χ0) is 24.7. The standard InChI is InChI=1S/C29H38N2O4/c1-18(2)34-22-8-6-19(7-9-22)23-14-21-16-29(3,4)27(24(21)15-25(23)33-5)30-28(32)35-26-17-31-12-10-20(26)11-13-31/h6-9,14-15,18,20,26-27H,10-13,16-17H2,1-5H3,(H,30,32)/t26-,27?/m0/s1. The molecule has 3 fully saturated rings. The van der Waals surface area contributed by atoms with Gasteiger partial charge in [0, 0.05) is 12.1 Å². The highest BCUT2D eigenvalue weighted by Gasteiger charge is 2.42. The van der Waals surface area contributed by atoms with Crippen molar-refractivity contribution in [2.45, 2.75) is 65.2 Å². The summed E-state index contributed by atoms with van der Waals surface area (Å²) >= 11 is 0. The van der Waals surface area contributed by atoms with E-state index in [1.165, 1.54) is 5.56 Å². The number of piperidine rings is 3. The Morgan fingerprint density at radius 3 is 2.43 bits per heavy atom. The first-order valence-corrected chi connectivity index (χ1v) is 12.9. The minimum absolute atomic E-state index is 0.000967. The van der Waals surface area contributed by atoms with E-state index in [4.69, 9.17) is 14.2 Å². The van der Waals surface area contributed by atoms with Gasteiger partial charge in [0.25, 0.3) is 0 Å². The molecule has 1 unspecified atom stereocenters. The number of nitrogens with zero attached hydrogens (tertiary/aromatic N) is 1. The van der Waals surface area contributed by atoms with Crippen LogP contribution in [0.25, 0.3) is 11.1 Å². The van der Waals surface area contributed by atoms with E-state index in [1.54, 1.807) is 7.11 Å². The predicted molar refractivity (Wildman–Crippen MR) is 137 cm³/mol. The van der Waals surface area contributed by atoms with Crippen LogP contribution >= 0.6 is 0 Å². The monoisotopic (exact) mass is 478 g/mol. The molecule has 4 aliphatic rings. The van der Waals surface area contributed by atoms with Crippen molar-refractivity contribution in [3.63, 3.8) is 0 Å². The van der Waals surface area contributed by atoms with E-state index in [-0.39, 0.29) is 29.8 Å². The summed E-state index contributed by atoms with van der Waals surface area (Å²) in [5.41, 5.74) is 4.35. The number of hydrogen-bond donors (Lipinski definition) is 1. The van der Waals surface area contributed by atoms with Gasteiger partial charge in [-0.25, -0.2) is 4.79 Å². The van der Waals surface area contributed by atoms with Crippen molar-refractivity contribution in [2.75, 3.05) is 26.7 Å². The van der Waals surface area contributed by atoms with Crippen molar-refractivity contribution in [3.05, 3.63) is 47.5 Å². The van der Waals surface area contributed by atoms with Crippen molar-refractivity contribution in [1.82, 2.24) is 10.2 Å². The number of rotatable bonds is 6. The van der Waals surface area contributed by atoms with E-state index in [0.29, 0.717) is 5.92 Å². The average Bonchev–Trinajstić information content (AvgIpc) is 3.07. The van der Waals surface area contributed by atoms with Gasteiger partial charge >= 0.3 is 6.09 Å². The Morgan fingerprint density at radius 2 is 1.83 bits per heavy atom. The van der Waals surface area contributed by atoms with Gasteiger partial charge in [-0.1, -0.05) is 26.0 Å². The van der Waals surface area contributed by atoms with Gasteiger partial charge in [0.1, 0.15) is 17.6 Å². The van der Waals surface area contributed by atoms with Gasteiger partial charge in [0.2, 0.25) is 0 Å². The van der Waals surface area contributed by atoms with Crippen LogP contribution in [0, 0.1) is 11.3 Å². The topological polar surface area (TPSA) is 60.0 Å². The lowest BCUT2D eigenvalue weighted by atomic mass is 9.85. The summed E-state index contributed by atoms with van der Waals surface area (Å²) in [6.45, 7) is 11.6. The SMILES string of the molecule is COc1cc2c(cc1-c1ccc(OC(C)C)cc1)CC(C)(C)C2NC(=O)O[C@H]1CN2CCC1CC2.